The normalized spacial score (nSPS) is 33.8. The van der Waals surface area contributed by atoms with Crippen molar-refractivity contribution in [1.82, 2.24) is 0 Å². The van der Waals surface area contributed by atoms with E-state index in [0.29, 0.717) is 23.5 Å². The van der Waals surface area contributed by atoms with Crippen LogP contribution in [0, 0.1) is 23.2 Å². The van der Waals surface area contributed by atoms with E-state index >= 15 is 0 Å². The Labute approximate surface area is 135 Å². The summed E-state index contributed by atoms with van der Waals surface area (Å²) in [6, 6.07) is 0. The lowest BCUT2D eigenvalue weighted by molar-refractivity contribution is -0.129. The molecular weight excluding hydrogens is 276 g/mol. The van der Waals surface area contributed by atoms with E-state index in [9.17, 15) is 9.90 Å². The Balaban J connectivity index is 1.93. The zero-order valence-electron chi connectivity index (χ0n) is 14.9. The van der Waals surface area contributed by atoms with Crippen LogP contribution in [0.3, 0.4) is 0 Å². The minimum atomic E-state index is -0.633. The summed E-state index contributed by atoms with van der Waals surface area (Å²) >= 11 is 0. The third-order valence-corrected chi connectivity index (χ3v) is 6.17. The molecule has 2 aliphatic rings. The number of Topliss-reactive ketones (excluding diaryl/α,β-unsaturated/α-hetero) is 1. The number of hydrogen-bond donors (Lipinski definition) is 1. The Hall–Kier alpha value is -0.410. The third kappa shape index (κ3) is 4.11. The molecule has 2 fully saturated rings. The van der Waals surface area contributed by atoms with Gasteiger partial charge in [0.2, 0.25) is 0 Å². The maximum Gasteiger partial charge on any atom is 0.136 e. The SMILES string of the molecule is COC[C@H](CCC1CCC2C(=O)CCC[C@]12C)CC(C)(C)O. The van der Waals surface area contributed by atoms with E-state index in [1.54, 1.807) is 7.11 Å². The lowest BCUT2D eigenvalue weighted by Crippen LogP contribution is -2.37. The van der Waals surface area contributed by atoms with Gasteiger partial charge in [-0.25, -0.2) is 0 Å². The van der Waals surface area contributed by atoms with Crippen molar-refractivity contribution in [3.63, 3.8) is 0 Å². The highest BCUT2D eigenvalue weighted by Gasteiger charge is 2.50. The quantitative estimate of drug-likeness (QED) is 0.774. The van der Waals surface area contributed by atoms with Gasteiger partial charge in [0.1, 0.15) is 5.78 Å². The van der Waals surface area contributed by atoms with Gasteiger partial charge in [-0.15, -0.1) is 0 Å². The van der Waals surface area contributed by atoms with Crippen molar-refractivity contribution in [3.05, 3.63) is 0 Å². The highest BCUT2D eigenvalue weighted by molar-refractivity contribution is 5.83. The van der Waals surface area contributed by atoms with Gasteiger partial charge in [0.05, 0.1) is 5.60 Å². The van der Waals surface area contributed by atoms with Crippen molar-refractivity contribution in [3.8, 4) is 0 Å². The van der Waals surface area contributed by atoms with Crippen LogP contribution in [0.25, 0.3) is 0 Å². The average molecular weight is 310 g/mol. The zero-order valence-corrected chi connectivity index (χ0v) is 14.9. The second-order valence-corrected chi connectivity index (χ2v) is 8.57. The fraction of sp³-hybridized carbons (Fsp3) is 0.947. The van der Waals surface area contributed by atoms with Gasteiger partial charge in [0.15, 0.2) is 0 Å². The van der Waals surface area contributed by atoms with Crippen molar-refractivity contribution in [2.45, 2.75) is 77.7 Å². The second-order valence-electron chi connectivity index (χ2n) is 8.57. The van der Waals surface area contributed by atoms with Crippen molar-refractivity contribution < 1.29 is 14.6 Å². The molecule has 4 atom stereocenters. The lowest BCUT2D eigenvalue weighted by atomic mass is 9.64. The molecular formula is C19H34O3. The third-order valence-electron chi connectivity index (χ3n) is 6.17. The van der Waals surface area contributed by atoms with Crippen LogP contribution in [0.5, 0.6) is 0 Å². The summed E-state index contributed by atoms with van der Waals surface area (Å²) in [7, 11) is 1.74. The van der Waals surface area contributed by atoms with Gasteiger partial charge >= 0.3 is 0 Å². The van der Waals surface area contributed by atoms with Gasteiger partial charge in [-0.1, -0.05) is 6.92 Å². The predicted molar refractivity (Wildman–Crippen MR) is 88.7 cm³/mol. The summed E-state index contributed by atoms with van der Waals surface area (Å²) in [6.07, 6.45) is 8.45. The number of hydrogen-bond acceptors (Lipinski definition) is 3. The molecule has 0 saturated heterocycles. The number of aliphatic hydroxyl groups is 1. The van der Waals surface area contributed by atoms with Gasteiger partial charge in [0.25, 0.3) is 0 Å². The largest absolute Gasteiger partial charge is 0.390 e. The standard InChI is InChI=1S/C19H34O3/c1-18(2,21)12-14(13-22-4)7-8-15-9-10-16-17(20)6-5-11-19(15,16)3/h14-16,21H,5-13H2,1-4H3/t14-,15?,16?,19-/m1/s1. The summed E-state index contributed by atoms with van der Waals surface area (Å²) in [5.74, 6) is 1.91. The van der Waals surface area contributed by atoms with E-state index in [2.05, 4.69) is 6.92 Å². The van der Waals surface area contributed by atoms with E-state index in [-0.39, 0.29) is 5.41 Å². The highest BCUT2D eigenvalue weighted by Crippen LogP contribution is 2.55. The van der Waals surface area contributed by atoms with Crippen molar-refractivity contribution in [2.24, 2.45) is 23.2 Å². The Bertz CT molecular complexity index is 385. The number of carbonyl (C=O) groups is 1. The fourth-order valence-corrected chi connectivity index (χ4v) is 5.13. The smallest absolute Gasteiger partial charge is 0.136 e. The molecule has 0 aromatic heterocycles. The van der Waals surface area contributed by atoms with Crippen LogP contribution < -0.4 is 0 Å². The molecule has 0 aromatic carbocycles. The number of fused-ring (bicyclic) bond motifs is 1. The first-order valence-corrected chi connectivity index (χ1v) is 9.00. The topological polar surface area (TPSA) is 46.5 Å². The summed E-state index contributed by atoms with van der Waals surface area (Å²) in [5.41, 5.74) is -0.395. The van der Waals surface area contributed by atoms with Crippen molar-refractivity contribution >= 4 is 5.78 Å². The van der Waals surface area contributed by atoms with Crippen LogP contribution in [-0.4, -0.2) is 30.2 Å². The van der Waals surface area contributed by atoms with Gasteiger partial charge < -0.3 is 9.84 Å². The first kappa shape index (κ1) is 17.9. The zero-order chi connectivity index (χ0) is 16.4. The van der Waals surface area contributed by atoms with Crippen LogP contribution in [-0.2, 0) is 9.53 Å². The summed E-state index contributed by atoms with van der Waals surface area (Å²) in [6.45, 7) is 6.83. The molecule has 0 amide bonds. The Morgan fingerprint density at radius 3 is 2.77 bits per heavy atom. The summed E-state index contributed by atoms with van der Waals surface area (Å²) in [5, 5.41) is 10.1. The maximum absolute atomic E-state index is 12.2. The summed E-state index contributed by atoms with van der Waals surface area (Å²) < 4.78 is 5.35. The molecule has 0 aromatic rings. The molecule has 1 N–H and O–H groups in total. The lowest BCUT2D eigenvalue weighted by Gasteiger charge is -2.40. The molecule has 0 spiro atoms. The maximum atomic E-state index is 12.2. The highest BCUT2D eigenvalue weighted by atomic mass is 16.5. The van der Waals surface area contributed by atoms with Crippen LogP contribution >= 0.6 is 0 Å². The molecule has 0 aliphatic heterocycles. The molecule has 0 radical (unpaired) electrons. The van der Waals surface area contributed by atoms with Crippen LogP contribution in [0.15, 0.2) is 0 Å². The van der Waals surface area contributed by atoms with Crippen LogP contribution in [0.1, 0.15) is 72.1 Å². The number of ketones is 1. The average Bonchev–Trinajstić information content (AvgIpc) is 2.73. The minimum absolute atomic E-state index is 0.238. The number of methoxy groups -OCH3 is 1. The fourth-order valence-electron chi connectivity index (χ4n) is 5.13. The molecule has 2 aliphatic carbocycles. The molecule has 0 bridgehead atoms. The van der Waals surface area contributed by atoms with Crippen LogP contribution in [0.4, 0.5) is 0 Å². The Morgan fingerprint density at radius 2 is 2.14 bits per heavy atom. The minimum Gasteiger partial charge on any atom is -0.390 e. The van der Waals surface area contributed by atoms with E-state index in [1.807, 2.05) is 13.8 Å². The first-order valence-electron chi connectivity index (χ1n) is 9.00. The monoisotopic (exact) mass is 310 g/mol. The Morgan fingerprint density at radius 1 is 1.41 bits per heavy atom. The van der Waals surface area contributed by atoms with Gasteiger partial charge in [-0.05, 0) is 76.0 Å². The molecule has 128 valence electrons. The van der Waals surface area contributed by atoms with E-state index < -0.39 is 5.60 Å². The second kappa shape index (κ2) is 7.00. The molecule has 2 saturated carbocycles. The van der Waals surface area contributed by atoms with Crippen molar-refractivity contribution in [1.29, 1.82) is 0 Å². The Kier molecular flexibility index (Phi) is 5.71. The van der Waals surface area contributed by atoms with Crippen LogP contribution in [0.2, 0.25) is 0 Å². The number of rotatable bonds is 7. The molecule has 3 nitrogen and oxygen atoms in total. The molecule has 22 heavy (non-hydrogen) atoms. The molecule has 3 heteroatoms. The first-order chi connectivity index (χ1) is 10.3. The predicted octanol–water partition coefficient (Wildman–Crippen LogP) is 3.98. The molecule has 2 rings (SSSR count). The summed E-state index contributed by atoms with van der Waals surface area (Å²) in [4.78, 5) is 12.2. The van der Waals surface area contributed by atoms with Gasteiger partial charge in [-0.2, -0.15) is 0 Å². The molecule has 0 heterocycles. The van der Waals surface area contributed by atoms with Gasteiger partial charge in [-0.3, -0.25) is 4.79 Å². The van der Waals surface area contributed by atoms with E-state index in [1.165, 1.54) is 19.3 Å². The number of ether oxygens (including phenoxy) is 1. The number of carbonyl (C=O) groups excluding carboxylic acids is 1. The van der Waals surface area contributed by atoms with E-state index in [4.69, 9.17) is 4.74 Å². The molecule has 2 unspecified atom stereocenters. The van der Waals surface area contributed by atoms with Gasteiger partial charge in [0, 0.05) is 26.1 Å². The van der Waals surface area contributed by atoms with Crippen molar-refractivity contribution in [2.75, 3.05) is 13.7 Å². The van der Waals surface area contributed by atoms with E-state index in [0.717, 1.165) is 38.7 Å².